The first kappa shape index (κ1) is 15.2. The van der Waals surface area contributed by atoms with Crippen molar-refractivity contribution in [3.05, 3.63) is 74.2 Å². The number of aliphatic hydroxyl groups is 1. The minimum atomic E-state index is -1.01. The Balaban J connectivity index is 1.80. The Labute approximate surface area is 145 Å². The number of nitrogens with zero attached hydrogens (tertiary/aromatic N) is 2. The first-order valence-electron chi connectivity index (χ1n) is 7.53. The van der Waals surface area contributed by atoms with Crippen molar-refractivity contribution in [3.8, 4) is 0 Å². The number of halogens is 1. The molecule has 4 rings (SSSR count). The maximum absolute atomic E-state index is 12.6. The van der Waals surface area contributed by atoms with E-state index in [4.69, 9.17) is 0 Å². The molecule has 6 heteroatoms. The van der Waals surface area contributed by atoms with Gasteiger partial charge in [0.2, 0.25) is 0 Å². The highest BCUT2D eigenvalue weighted by atomic mass is 79.9. The lowest BCUT2D eigenvalue weighted by molar-refractivity contribution is 0.0929. The third-order valence-electron chi connectivity index (χ3n) is 4.31. The molecule has 0 fully saturated rings. The fourth-order valence-corrected chi connectivity index (χ4v) is 3.53. The van der Waals surface area contributed by atoms with Crippen molar-refractivity contribution in [2.45, 2.75) is 19.1 Å². The van der Waals surface area contributed by atoms with Gasteiger partial charge in [-0.05, 0) is 34.1 Å². The van der Waals surface area contributed by atoms with Crippen LogP contribution in [-0.4, -0.2) is 20.4 Å². The molecule has 0 bridgehead atoms. The Morgan fingerprint density at radius 3 is 2.88 bits per heavy atom. The molecule has 0 saturated heterocycles. The number of hydrogen-bond acceptors (Lipinski definition) is 4. The second-order valence-corrected chi connectivity index (χ2v) is 6.60. The Morgan fingerprint density at radius 1 is 1.25 bits per heavy atom. The van der Waals surface area contributed by atoms with Gasteiger partial charge in [-0.3, -0.25) is 9.59 Å². The van der Waals surface area contributed by atoms with Gasteiger partial charge in [-0.25, -0.2) is 4.98 Å². The lowest BCUT2D eigenvalue weighted by Gasteiger charge is -2.11. The molecule has 0 aliphatic heterocycles. The molecule has 0 amide bonds. The maximum atomic E-state index is 12.6. The molecule has 0 spiro atoms. The van der Waals surface area contributed by atoms with Crippen LogP contribution in [0, 0.1) is 0 Å². The fourth-order valence-electron chi connectivity index (χ4n) is 3.10. The molecule has 1 unspecified atom stereocenters. The third-order valence-corrected chi connectivity index (χ3v) is 4.99. The van der Waals surface area contributed by atoms with Crippen LogP contribution in [0.2, 0.25) is 0 Å². The highest BCUT2D eigenvalue weighted by Gasteiger charge is 2.31. The number of rotatable bonds is 2. The lowest BCUT2D eigenvalue weighted by atomic mass is 10.1. The zero-order chi connectivity index (χ0) is 16.8. The highest BCUT2D eigenvalue weighted by Crippen LogP contribution is 2.28. The standard InChI is InChI=1S/C18H13BrN2O3/c19-17-11(7-10-3-1-2-4-13(10)20-17)9-21-6-5-12-14(22)8-15(23)16(12)18(21)24/h1-7,15,23H,8-9H2. The van der Waals surface area contributed by atoms with Crippen molar-refractivity contribution in [1.29, 1.82) is 0 Å². The number of Topliss-reactive ketones (excluding diaryl/α,β-unsaturated/α-hetero) is 1. The fraction of sp³-hybridized carbons (Fsp3) is 0.167. The maximum Gasteiger partial charge on any atom is 0.257 e. The minimum absolute atomic E-state index is 0.0180. The molecule has 1 aliphatic rings. The molecule has 0 radical (unpaired) electrons. The minimum Gasteiger partial charge on any atom is -0.388 e. The van der Waals surface area contributed by atoms with Crippen LogP contribution in [-0.2, 0) is 6.54 Å². The van der Waals surface area contributed by atoms with Crippen LogP contribution in [0.3, 0.4) is 0 Å². The van der Waals surface area contributed by atoms with Crippen LogP contribution in [0.5, 0.6) is 0 Å². The van der Waals surface area contributed by atoms with Crippen molar-refractivity contribution in [1.82, 2.24) is 9.55 Å². The summed E-state index contributed by atoms with van der Waals surface area (Å²) in [5.74, 6) is -0.185. The van der Waals surface area contributed by atoms with Gasteiger partial charge in [0.15, 0.2) is 5.78 Å². The molecule has 3 aromatic rings. The molecule has 1 N–H and O–H groups in total. The Bertz CT molecular complexity index is 1040. The first-order valence-corrected chi connectivity index (χ1v) is 8.32. The summed E-state index contributed by atoms with van der Waals surface area (Å²) in [6.07, 6.45) is 0.569. The average molecular weight is 385 g/mol. The molecule has 24 heavy (non-hydrogen) atoms. The second kappa shape index (κ2) is 5.65. The summed E-state index contributed by atoms with van der Waals surface area (Å²) in [6, 6.07) is 11.3. The van der Waals surface area contributed by atoms with Crippen LogP contribution < -0.4 is 5.56 Å². The smallest absolute Gasteiger partial charge is 0.257 e. The van der Waals surface area contributed by atoms with Crippen LogP contribution >= 0.6 is 15.9 Å². The van der Waals surface area contributed by atoms with Gasteiger partial charge < -0.3 is 9.67 Å². The van der Waals surface area contributed by atoms with E-state index in [9.17, 15) is 14.7 Å². The number of pyridine rings is 2. The molecule has 2 heterocycles. The molecule has 1 atom stereocenters. The second-order valence-electron chi connectivity index (χ2n) is 5.85. The number of benzene rings is 1. The summed E-state index contributed by atoms with van der Waals surface area (Å²) in [5, 5.41) is 10.9. The molecular weight excluding hydrogens is 372 g/mol. The van der Waals surface area contributed by atoms with E-state index in [0.717, 1.165) is 16.5 Å². The summed E-state index contributed by atoms with van der Waals surface area (Å²) >= 11 is 3.45. The quantitative estimate of drug-likeness (QED) is 0.689. The van der Waals surface area contributed by atoms with Crippen LogP contribution in [0.25, 0.3) is 10.9 Å². The summed E-state index contributed by atoms with van der Waals surface area (Å²) in [5.41, 5.74) is 1.93. The summed E-state index contributed by atoms with van der Waals surface area (Å²) in [4.78, 5) is 28.9. The van der Waals surface area contributed by atoms with Gasteiger partial charge in [-0.15, -0.1) is 0 Å². The van der Waals surface area contributed by atoms with Crippen molar-refractivity contribution in [3.63, 3.8) is 0 Å². The lowest BCUT2D eigenvalue weighted by Crippen LogP contribution is -2.25. The Hall–Kier alpha value is -2.31. The van der Waals surface area contributed by atoms with Gasteiger partial charge >= 0.3 is 0 Å². The van der Waals surface area contributed by atoms with E-state index in [1.54, 1.807) is 12.3 Å². The van der Waals surface area contributed by atoms with E-state index in [-0.39, 0.29) is 23.3 Å². The number of fused-ring (bicyclic) bond motifs is 2. The first-order chi connectivity index (χ1) is 11.5. The summed E-state index contributed by atoms with van der Waals surface area (Å²) in [6.45, 7) is 0.311. The van der Waals surface area contributed by atoms with E-state index in [1.807, 2.05) is 30.3 Å². The van der Waals surface area contributed by atoms with Gasteiger partial charge in [0.1, 0.15) is 4.60 Å². The van der Waals surface area contributed by atoms with Crippen molar-refractivity contribution >= 4 is 32.6 Å². The van der Waals surface area contributed by atoms with Gasteiger partial charge in [-0.2, -0.15) is 0 Å². The number of hydrogen-bond donors (Lipinski definition) is 1. The predicted octanol–water partition coefficient (Wildman–Crippen LogP) is 2.83. The third kappa shape index (κ3) is 2.39. The summed E-state index contributed by atoms with van der Waals surface area (Å²) < 4.78 is 2.17. The predicted molar refractivity (Wildman–Crippen MR) is 93.2 cm³/mol. The van der Waals surface area contributed by atoms with Crippen molar-refractivity contribution < 1.29 is 9.90 Å². The topological polar surface area (TPSA) is 72.2 Å². The molecular formula is C18H13BrN2O3. The molecule has 1 aliphatic carbocycles. The molecule has 5 nitrogen and oxygen atoms in total. The van der Waals surface area contributed by atoms with E-state index < -0.39 is 6.10 Å². The zero-order valence-electron chi connectivity index (χ0n) is 12.6. The molecule has 0 saturated carbocycles. The normalized spacial score (nSPS) is 16.6. The van der Waals surface area contributed by atoms with Crippen molar-refractivity contribution in [2.75, 3.05) is 0 Å². The van der Waals surface area contributed by atoms with Crippen molar-refractivity contribution in [2.24, 2.45) is 0 Å². The van der Waals surface area contributed by atoms with Gasteiger partial charge in [-0.1, -0.05) is 18.2 Å². The SMILES string of the molecule is O=C1CC(O)c2c1ccn(Cc1cc3ccccc3nc1Br)c2=O. The van der Waals surface area contributed by atoms with Crippen LogP contribution in [0.4, 0.5) is 0 Å². The number of para-hydroxylation sites is 1. The summed E-state index contributed by atoms with van der Waals surface area (Å²) in [7, 11) is 0. The van der Waals surface area contributed by atoms with Gasteiger partial charge in [0.25, 0.3) is 5.56 Å². The average Bonchev–Trinajstić information content (AvgIpc) is 2.85. The molecule has 1 aromatic carbocycles. The van der Waals surface area contributed by atoms with E-state index in [1.165, 1.54) is 4.57 Å². The van der Waals surface area contributed by atoms with E-state index in [2.05, 4.69) is 20.9 Å². The zero-order valence-corrected chi connectivity index (χ0v) is 14.2. The Morgan fingerprint density at radius 2 is 2.04 bits per heavy atom. The van der Waals surface area contributed by atoms with Crippen LogP contribution in [0.15, 0.2) is 52.0 Å². The number of carbonyl (C=O) groups excluding carboxylic acids is 1. The van der Waals surface area contributed by atoms with Gasteiger partial charge in [0.05, 0.1) is 23.7 Å². The van der Waals surface area contributed by atoms with E-state index in [0.29, 0.717) is 16.7 Å². The highest BCUT2D eigenvalue weighted by molar-refractivity contribution is 9.10. The molecule has 120 valence electrons. The Kier molecular flexibility index (Phi) is 3.58. The number of aliphatic hydroxyl groups excluding tert-OH is 1. The molecule has 2 aromatic heterocycles. The van der Waals surface area contributed by atoms with Crippen LogP contribution in [0.1, 0.15) is 34.0 Å². The van der Waals surface area contributed by atoms with E-state index >= 15 is 0 Å². The number of aromatic nitrogens is 2. The monoisotopic (exact) mass is 384 g/mol. The number of carbonyl (C=O) groups is 1. The van der Waals surface area contributed by atoms with Gasteiger partial charge in [0, 0.05) is 29.1 Å². The number of ketones is 1. The largest absolute Gasteiger partial charge is 0.388 e.